The fourth-order valence-corrected chi connectivity index (χ4v) is 2.52. The first-order valence-corrected chi connectivity index (χ1v) is 6.91. The first-order valence-electron chi connectivity index (χ1n) is 6.53. The molecule has 0 radical (unpaired) electrons. The van der Waals surface area contributed by atoms with E-state index in [-0.39, 0.29) is 18.2 Å². The Balaban J connectivity index is 1.94. The minimum absolute atomic E-state index is 0.111. The highest BCUT2D eigenvalue weighted by atomic mass is 35.5. The zero-order chi connectivity index (χ0) is 14.8. The summed E-state index contributed by atoms with van der Waals surface area (Å²) >= 11 is 5.93. The van der Waals surface area contributed by atoms with Gasteiger partial charge in [-0.2, -0.15) is 0 Å². The maximum atomic E-state index is 12.4. The van der Waals surface area contributed by atoms with E-state index in [9.17, 15) is 9.59 Å². The van der Waals surface area contributed by atoms with Crippen molar-refractivity contribution in [3.8, 4) is 0 Å². The van der Waals surface area contributed by atoms with Crippen molar-refractivity contribution < 1.29 is 9.59 Å². The minimum Gasteiger partial charge on any atom is -0.274 e. The molecular formula is C17H12ClNO2. The Labute approximate surface area is 127 Å². The van der Waals surface area contributed by atoms with Crippen LogP contribution in [0.25, 0.3) is 6.08 Å². The predicted molar refractivity (Wildman–Crippen MR) is 83.0 cm³/mol. The van der Waals surface area contributed by atoms with Crippen molar-refractivity contribution >= 4 is 35.2 Å². The Kier molecular flexibility index (Phi) is 3.59. The number of rotatable bonds is 2. The van der Waals surface area contributed by atoms with Crippen molar-refractivity contribution in [2.45, 2.75) is 6.42 Å². The summed E-state index contributed by atoms with van der Waals surface area (Å²) < 4.78 is 0. The zero-order valence-corrected chi connectivity index (χ0v) is 11.9. The lowest BCUT2D eigenvalue weighted by Crippen LogP contribution is -2.28. The molecule has 21 heavy (non-hydrogen) atoms. The van der Waals surface area contributed by atoms with Gasteiger partial charge in [0.1, 0.15) is 0 Å². The van der Waals surface area contributed by atoms with Crippen molar-refractivity contribution in [2.24, 2.45) is 0 Å². The molecule has 0 spiro atoms. The second-order valence-electron chi connectivity index (χ2n) is 4.77. The lowest BCUT2D eigenvalue weighted by Gasteiger charge is -2.12. The number of carbonyl (C=O) groups excluding carboxylic acids is 2. The normalized spacial score (nSPS) is 16.8. The molecule has 0 unspecified atom stereocenters. The second-order valence-corrected chi connectivity index (χ2v) is 5.21. The molecule has 0 aliphatic carbocycles. The van der Waals surface area contributed by atoms with Crippen molar-refractivity contribution in [3.05, 3.63) is 70.8 Å². The van der Waals surface area contributed by atoms with Gasteiger partial charge in [0.25, 0.3) is 5.91 Å². The van der Waals surface area contributed by atoms with Crippen LogP contribution in [-0.4, -0.2) is 11.8 Å². The van der Waals surface area contributed by atoms with Crippen LogP contribution >= 0.6 is 11.6 Å². The Morgan fingerprint density at radius 2 is 1.76 bits per heavy atom. The van der Waals surface area contributed by atoms with E-state index in [1.54, 1.807) is 42.5 Å². The number of benzene rings is 2. The van der Waals surface area contributed by atoms with E-state index in [0.29, 0.717) is 16.3 Å². The average molecular weight is 298 g/mol. The van der Waals surface area contributed by atoms with Crippen molar-refractivity contribution in [1.82, 2.24) is 0 Å². The SMILES string of the molecule is O=C1C/C(=C\c2cccc(Cl)c2)C(=O)N1c1ccccc1. The van der Waals surface area contributed by atoms with Gasteiger partial charge in [0, 0.05) is 10.6 Å². The smallest absolute Gasteiger partial charge is 0.261 e. The molecule has 1 heterocycles. The predicted octanol–water partition coefficient (Wildman–Crippen LogP) is 3.69. The summed E-state index contributed by atoms with van der Waals surface area (Å²) in [5, 5.41) is 0.598. The molecule has 1 saturated heterocycles. The summed E-state index contributed by atoms with van der Waals surface area (Å²) in [6.07, 6.45) is 1.83. The number of hydrogen-bond acceptors (Lipinski definition) is 2. The molecular weight excluding hydrogens is 286 g/mol. The lowest BCUT2D eigenvalue weighted by atomic mass is 10.1. The highest BCUT2D eigenvalue weighted by molar-refractivity contribution is 6.31. The zero-order valence-electron chi connectivity index (χ0n) is 11.1. The lowest BCUT2D eigenvalue weighted by molar-refractivity contribution is -0.120. The molecule has 2 aromatic carbocycles. The van der Waals surface area contributed by atoms with Crippen LogP contribution in [0.3, 0.4) is 0 Å². The molecule has 2 aromatic rings. The molecule has 0 saturated carbocycles. The molecule has 0 bridgehead atoms. The molecule has 4 heteroatoms. The third-order valence-electron chi connectivity index (χ3n) is 3.27. The van der Waals surface area contributed by atoms with Crippen LogP contribution in [0.4, 0.5) is 5.69 Å². The van der Waals surface area contributed by atoms with Crippen LogP contribution in [0, 0.1) is 0 Å². The van der Waals surface area contributed by atoms with Gasteiger partial charge >= 0.3 is 0 Å². The Bertz CT molecular complexity index is 737. The fourth-order valence-electron chi connectivity index (χ4n) is 2.32. The molecule has 1 aliphatic rings. The van der Waals surface area contributed by atoms with Gasteiger partial charge in [-0.05, 0) is 35.9 Å². The standard InChI is InChI=1S/C17H12ClNO2/c18-14-6-4-5-12(10-14)9-13-11-16(20)19(17(13)21)15-7-2-1-3-8-15/h1-10H,11H2/b13-9+. The summed E-state index contributed by atoms with van der Waals surface area (Å²) in [4.78, 5) is 25.7. The highest BCUT2D eigenvalue weighted by Crippen LogP contribution is 2.27. The molecule has 104 valence electrons. The van der Waals surface area contributed by atoms with Gasteiger partial charge in [0.05, 0.1) is 12.1 Å². The number of amides is 2. The Hall–Kier alpha value is -2.39. The molecule has 0 aromatic heterocycles. The summed E-state index contributed by atoms with van der Waals surface area (Å²) in [5.41, 5.74) is 1.89. The van der Waals surface area contributed by atoms with E-state index in [4.69, 9.17) is 11.6 Å². The third kappa shape index (κ3) is 2.73. The number of imide groups is 1. The van der Waals surface area contributed by atoms with Gasteiger partial charge < -0.3 is 0 Å². The van der Waals surface area contributed by atoms with Gasteiger partial charge in [-0.3, -0.25) is 9.59 Å². The van der Waals surface area contributed by atoms with Gasteiger partial charge in [0.2, 0.25) is 5.91 Å². The molecule has 2 amide bonds. The number of carbonyl (C=O) groups is 2. The van der Waals surface area contributed by atoms with Crippen LogP contribution < -0.4 is 4.90 Å². The summed E-state index contributed by atoms with van der Waals surface area (Å²) in [7, 11) is 0. The maximum Gasteiger partial charge on any atom is 0.261 e. The minimum atomic E-state index is -0.272. The third-order valence-corrected chi connectivity index (χ3v) is 3.51. The molecule has 3 rings (SSSR count). The quantitative estimate of drug-likeness (QED) is 0.626. The van der Waals surface area contributed by atoms with E-state index in [2.05, 4.69) is 0 Å². The van der Waals surface area contributed by atoms with E-state index >= 15 is 0 Å². The van der Waals surface area contributed by atoms with Crippen molar-refractivity contribution in [2.75, 3.05) is 4.90 Å². The fraction of sp³-hybridized carbons (Fsp3) is 0.0588. The van der Waals surface area contributed by atoms with E-state index in [1.807, 2.05) is 18.2 Å². The monoisotopic (exact) mass is 297 g/mol. The van der Waals surface area contributed by atoms with E-state index in [0.717, 1.165) is 5.56 Å². The molecule has 3 nitrogen and oxygen atoms in total. The number of para-hydroxylation sites is 1. The Morgan fingerprint density at radius 1 is 1.00 bits per heavy atom. The summed E-state index contributed by atoms with van der Waals surface area (Å²) in [6, 6.07) is 16.1. The number of hydrogen-bond donors (Lipinski definition) is 0. The van der Waals surface area contributed by atoms with Gasteiger partial charge in [-0.1, -0.05) is 41.9 Å². The van der Waals surface area contributed by atoms with Crippen LogP contribution in [0.15, 0.2) is 60.2 Å². The van der Waals surface area contributed by atoms with Gasteiger partial charge in [-0.15, -0.1) is 0 Å². The van der Waals surface area contributed by atoms with Gasteiger partial charge in [-0.25, -0.2) is 4.90 Å². The van der Waals surface area contributed by atoms with Crippen LogP contribution in [-0.2, 0) is 9.59 Å². The van der Waals surface area contributed by atoms with E-state index < -0.39 is 0 Å². The summed E-state index contributed by atoms with van der Waals surface area (Å²) in [6.45, 7) is 0. The first-order chi connectivity index (χ1) is 10.1. The maximum absolute atomic E-state index is 12.4. The first kappa shape index (κ1) is 13.6. The molecule has 1 aliphatic heterocycles. The topological polar surface area (TPSA) is 37.4 Å². The second kappa shape index (κ2) is 5.54. The number of halogens is 1. The molecule has 0 N–H and O–H groups in total. The van der Waals surface area contributed by atoms with Gasteiger partial charge in [0.15, 0.2) is 0 Å². The van der Waals surface area contributed by atoms with Crippen molar-refractivity contribution in [1.29, 1.82) is 0 Å². The largest absolute Gasteiger partial charge is 0.274 e. The molecule has 0 atom stereocenters. The van der Waals surface area contributed by atoms with Crippen molar-refractivity contribution in [3.63, 3.8) is 0 Å². The van der Waals surface area contributed by atoms with Crippen LogP contribution in [0.5, 0.6) is 0 Å². The average Bonchev–Trinajstić information content (AvgIpc) is 2.74. The van der Waals surface area contributed by atoms with Crippen LogP contribution in [0.2, 0.25) is 5.02 Å². The highest BCUT2D eigenvalue weighted by Gasteiger charge is 2.34. The number of anilines is 1. The Morgan fingerprint density at radius 3 is 2.48 bits per heavy atom. The number of nitrogens with zero attached hydrogens (tertiary/aromatic N) is 1. The van der Waals surface area contributed by atoms with E-state index in [1.165, 1.54) is 4.90 Å². The van der Waals surface area contributed by atoms with Crippen LogP contribution in [0.1, 0.15) is 12.0 Å². The summed E-state index contributed by atoms with van der Waals surface area (Å²) in [5.74, 6) is -0.481. The molecule has 1 fully saturated rings.